The molecule has 1 aromatic heterocycles. The van der Waals surface area contributed by atoms with Gasteiger partial charge in [-0.2, -0.15) is 0 Å². The van der Waals surface area contributed by atoms with E-state index in [-0.39, 0.29) is 5.56 Å². The van der Waals surface area contributed by atoms with Gasteiger partial charge in [0.25, 0.3) is 17.3 Å². The molecule has 0 saturated carbocycles. The van der Waals surface area contributed by atoms with Crippen molar-refractivity contribution in [1.82, 2.24) is 9.88 Å². The molecule has 0 aliphatic carbocycles. The molecule has 1 fully saturated rings. The Balaban J connectivity index is 1.66. The first-order chi connectivity index (χ1) is 16.3. The van der Waals surface area contributed by atoms with Crippen molar-refractivity contribution in [2.24, 2.45) is 0 Å². The van der Waals surface area contributed by atoms with Crippen molar-refractivity contribution in [2.45, 2.75) is 6.42 Å². The summed E-state index contributed by atoms with van der Waals surface area (Å²) < 4.78 is 7.10. The van der Waals surface area contributed by atoms with Crippen LogP contribution in [-0.2, 0) is 4.74 Å². The molecular formula is C21H20BrN5O6S. The van der Waals surface area contributed by atoms with Gasteiger partial charge in [-0.3, -0.25) is 34.8 Å². The highest BCUT2D eigenvalue weighted by molar-refractivity contribution is 9.10. The van der Waals surface area contributed by atoms with Crippen LogP contribution in [0.2, 0.25) is 0 Å². The predicted octanol–water partition coefficient (Wildman–Crippen LogP) is 4.24. The Morgan fingerprint density at radius 2 is 1.79 bits per heavy atom. The molecule has 1 aliphatic heterocycles. The van der Waals surface area contributed by atoms with Crippen molar-refractivity contribution in [3.63, 3.8) is 0 Å². The average molecular weight is 550 g/mol. The van der Waals surface area contributed by atoms with Gasteiger partial charge in [-0.1, -0.05) is 27.3 Å². The molecule has 0 radical (unpaired) electrons. The Labute approximate surface area is 206 Å². The molecule has 0 atom stereocenters. The van der Waals surface area contributed by atoms with Gasteiger partial charge in [0.15, 0.2) is 5.13 Å². The number of ether oxygens (including phenoxy) is 1. The van der Waals surface area contributed by atoms with Gasteiger partial charge in [0.1, 0.15) is 0 Å². The molecule has 0 spiro atoms. The molecule has 0 N–H and O–H groups in total. The third-order valence-corrected chi connectivity index (χ3v) is 6.88. The summed E-state index contributed by atoms with van der Waals surface area (Å²) >= 11 is 4.74. The van der Waals surface area contributed by atoms with Crippen LogP contribution in [-0.4, -0.2) is 65.0 Å². The fourth-order valence-electron chi connectivity index (χ4n) is 3.65. The molecule has 34 heavy (non-hydrogen) atoms. The minimum absolute atomic E-state index is 0.132. The SMILES string of the molecule is O=C(c1cc([N+](=O)[O-])cc([N+](=O)[O-])c1)N(CCCN1CCOCC1)c1nc2ccc(Br)cc2s1. The number of aromatic nitrogens is 1. The van der Waals surface area contributed by atoms with E-state index < -0.39 is 27.1 Å². The minimum Gasteiger partial charge on any atom is -0.379 e. The summed E-state index contributed by atoms with van der Waals surface area (Å²) in [5.74, 6) is -0.577. The number of nitro benzene ring substituents is 2. The first-order valence-electron chi connectivity index (χ1n) is 10.4. The summed E-state index contributed by atoms with van der Waals surface area (Å²) in [6.07, 6.45) is 0.627. The van der Waals surface area contributed by atoms with Crippen LogP contribution in [0.1, 0.15) is 16.8 Å². The van der Waals surface area contributed by atoms with Gasteiger partial charge >= 0.3 is 0 Å². The molecule has 13 heteroatoms. The molecule has 2 heterocycles. The number of carbonyl (C=O) groups excluding carboxylic acids is 1. The molecule has 3 aromatic rings. The van der Waals surface area contributed by atoms with Gasteiger partial charge in [0.2, 0.25) is 0 Å². The van der Waals surface area contributed by atoms with Gasteiger partial charge in [-0.15, -0.1) is 0 Å². The number of thiazole rings is 1. The van der Waals surface area contributed by atoms with Crippen molar-refractivity contribution >= 4 is 59.9 Å². The maximum atomic E-state index is 13.5. The fraction of sp³-hybridized carbons (Fsp3) is 0.333. The van der Waals surface area contributed by atoms with Gasteiger partial charge in [-0.05, 0) is 24.6 Å². The summed E-state index contributed by atoms with van der Waals surface area (Å²) in [6, 6.07) is 8.54. The predicted molar refractivity (Wildman–Crippen MR) is 131 cm³/mol. The topological polar surface area (TPSA) is 132 Å². The van der Waals surface area contributed by atoms with Crippen molar-refractivity contribution in [1.29, 1.82) is 0 Å². The number of hydrogen-bond donors (Lipinski definition) is 0. The second-order valence-corrected chi connectivity index (χ2v) is 9.55. The number of amides is 1. The Kier molecular flexibility index (Phi) is 7.46. The highest BCUT2D eigenvalue weighted by atomic mass is 79.9. The van der Waals surface area contributed by atoms with Crippen molar-refractivity contribution in [3.8, 4) is 0 Å². The minimum atomic E-state index is -0.748. The Hall–Kier alpha value is -3.00. The van der Waals surface area contributed by atoms with Crippen LogP contribution in [0.5, 0.6) is 0 Å². The summed E-state index contributed by atoms with van der Waals surface area (Å²) in [6.45, 7) is 3.96. The van der Waals surface area contributed by atoms with Crippen LogP contribution in [0.15, 0.2) is 40.9 Å². The summed E-state index contributed by atoms with van der Waals surface area (Å²) in [7, 11) is 0. The van der Waals surface area contributed by atoms with Gasteiger partial charge in [0.05, 0.1) is 44.9 Å². The smallest absolute Gasteiger partial charge is 0.277 e. The van der Waals surface area contributed by atoms with Gasteiger partial charge in [0, 0.05) is 42.8 Å². The number of fused-ring (bicyclic) bond motifs is 1. The molecule has 1 saturated heterocycles. The van der Waals surface area contributed by atoms with E-state index in [1.165, 1.54) is 16.2 Å². The van der Waals surface area contributed by atoms with E-state index in [0.29, 0.717) is 36.8 Å². The normalized spacial score (nSPS) is 14.3. The number of benzene rings is 2. The Morgan fingerprint density at radius 1 is 1.12 bits per heavy atom. The van der Waals surface area contributed by atoms with E-state index in [4.69, 9.17) is 4.74 Å². The molecule has 1 aliphatic rings. The molecular weight excluding hydrogens is 530 g/mol. The van der Waals surface area contributed by atoms with Crippen LogP contribution in [0, 0.1) is 20.2 Å². The average Bonchev–Trinajstić information content (AvgIpc) is 3.24. The van der Waals surface area contributed by atoms with Gasteiger partial charge < -0.3 is 4.74 Å². The lowest BCUT2D eigenvalue weighted by atomic mass is 10.1. The molecule has 11 nitrogen and oxygen atoms in total. The van der Waals surface area contributed by atoms with Crippen LogP contribution < -0.4 is 4.90 Å². The Bertz CT molecular complexity index is 1210. The largest absolute Gasteiger partial charge is 0.379 e. The summed E-state index contributed by atoms with van der Waals surface area (Å²) in [4.78, 5) is 42.9. The zero-order chi connectivity index (χ0) is 24.2. The molecule has 1 amide bonds. The highest BCUT2D eigenvalue weighted by Crippen LogP contribution is 2.33. The number of halogens is 1. The molecule has 4 rings (SSSR count). The third-order valence-electron chi connectivity index (χ3n) is 5.35. The number of rotatable bonds is 8. The first-order valence-corrected chi connectivity index (χ1v) is 12.0. The zero-order valence-electron chi connectivity index (χ0n) is 17.9. The van der Waals surface area contributed by atoms with E-state index >= 15 is 0 Å². The first kappa shape index (κ1) is 24.1. The number of nitro groups is 2. The quantitative estimate of drug-likeness (QED) is 0.301. The zero-order valence-corrected chi connectivity index (χ0v) is 20.3. The molecule has 0 bridgehead atoms. The maximum absolute atomic E-state index is 13.5. The summed E-state index contributed by atoms with van der Waals surface area (Å²) in [5.41, 5.74) is -0.454. The monoisotopic (exact) mass is 549 g/mol. The number of morpholine rings is 1. The van der Waals surface area contributed by atoms with Crippen LogP contribution >= 0.6 is 27.3 Å². The standard InChI is InChI=1S/C21H20BrN5O6S/c22-15-2-3-18-19(12-15)34-21(23-18)25(5-1-4-24-6-8-33-9-7-24)20(28)14-10-16(26(29)30)13-17(11-14)27(31)32/h2-3,10-13H,1,4-9H2. The second-order valence-electron chi connectivity index (χ2n) is 7.63. The van der Waals surface area contributed by atoms with Crippen LogP contribution in [0.3, 0.4) is 0 Å². The highest BCUT2D eigenvalue weighted by Gasteiger charge is 2.26. The number of carbonyl (C=O) groups is 1. The van der Waals surface area contributed by atoms with E-state index in [1.807, 2.05) is 18.2 Å². The molecule has 178 valence electrons. The second kappa shape index (κ2) is 10.5. The van der Waals surface area contributed by atoms with E-state index in [9.17, 15) is 25.0 Å². The Morgan fingerprint density at radius 3 is 2.44 bits per heavy atom. The number of non-ortho nitro benzene ring substituents is 2. The fourth-order valence-corrected chi connectivity index (χ4v) is 5.19. The van der Waals surface area contributed by atoms with Crippen LogP contribution in [0.4, 0.5) is 16.5 Å². The van der Waals surface area contributed by atoms with E-state index in [1.54, 1.807) is 0 Å². The summed E-state index contributed by atoms with van der Waals surface area (Å²) in [5, 5.41) is 23.1. The lowest BCUT2D eigenvalue weighted by molar-refractivity contribution is -0.394. The van der Waals surface area contributed by atoms with E-state index in [2.05, 4.69) is 25.8 Å². The van der Waals surface area contributed by atoms with E-state index in [0.717, 1.165) is 47.0 Å². The van der Waals surface area contributed by atoms with Crippen molar-refractivity contribution < 1.29 is 19.4 Å². The lowest BCUT2D eigenvalue weighted by Gasteiger charge is -2.27. The maximum Gasteiger partial charge on any atom is 0.277 e. The number of nitrogens with zero attached hydrogens (tertiary/aromatic N) is 5. The van der Waals surface area contributed by atoms with Crippen molar-refractivity contribution in [3.05, 3.63) is 66.7 Å². The lowest BCUT2D eigenvalue weighted by Crippen LogP contribution is -2.39. The molecule has 0 unspecified atom stereocenters. The number of hydrogen-bond acceptors (Lipinski definition) is 9. The van der Waals surface area contributed by atoms with Crippen molar-refractivity contribution in [2.75, 3.05) is 44.3 Å². The van der Waals surface area contributed by atoms with Crippen LogP contribution in [0.25, 0.3) is 10.2 Å². The molecule has 2 aromatic carbocycles. The van der Waals surface area contributed by atoms with Gasteiger partial charge in [-0.25, -0.2) is 4.98 Å². The third kappa shape index (κ3) is 5.55. The number of anilines is 1.